The van der Waals surface area contributed by atoms with Crippen LogP contribution in [0.2, 0.25) is 0 Å². The van der Waals surface area contributed by atoms with Gasteiger partial charge in [0.15, 0.2) is 0 Å². The van der Waals surface area contributed by atoms with Crippen LogP contribution in [0.1, 0.15) is 26.3 Å². The van der Waals surface area contributed by atoms with Crippen molar-refractivity contribution in [1.29, 1.82) is 0 Å². The van der Waals surface area contributed by atoms with Crippen LogP contribution in [0.15, 0.2) is 12.3 Å². The molecular weight excluding hydrogens is 195 g/mol. The molecule has 0 saturated heterocycles. The third kappa shape index (κ3) is 3.16. The average Bonchev–Trinajstić information content (AvgIpc) is 2.20. The smallest absolute Gasteiger partial charge is 0.218 e. The van der Waals surface area contributed by atoms with E-state index in [2.05, 4.69) is 18.8 Å². The van der Waals surface area contributed by atoms with Crippen molar-refractivity contribution < 1.29 is 9.13 Å². The molecule has 1 rings (SSSR count). The van der Waals surface area contributed by atoms with Crippen molar-refractivity contribution in [3.63, 3.8) is 0 Å². The molecular formula is C11H17FN2O. The molecule has 4 heteroatoms. The lowest BCUT2D eigenvalue weighted by atomic mass is 10.1. The maximum absolute atomic E-state index is 12.9. The summed E-state index contributed by atoms with van der Waals surface area (Å²) in [6.07, 6.45) is 1.18. The molecule has 0 aliphatic rings. The Bertz CT molecular complexity index is 328. The molecule has 0 saturated carbocycles. The normalized spacial score (nSPS) is 12.9. The predicted octanol–water partition coefficient (Wildman–Crippen LogP) is 2.10. The number of hydrogen-bond donors (Lipinski definition) is 1. The Labute approximate surface area is 89.5 Å². The quantitative estimate of drug-likeness (QED) is 0.831. The van der Waals surface area contributed by atoms with Gasteiger partial charge in [-0.05, 0) is 18.9 Å². The van der Waals surface area contributed by atoms with E-state index in [9.17, 15) is 4.39 Å². The second kappa shape index (κ2) is 5.07. The van der Waals surface area contributed by atoms with Gasteiger partial charge in [-0.1, -0.05) is 13.8 Å². The number of hydrogen-bond acceptors (Lipinski definition) is 3. The molecule has 0 aliphatic carbocycles. The minimum Gasteiger partial charge on any atom is -0.474 e. The SMILES string of the molecule is CC(C)C(C)Oc1ncc(F)cc1CN. The average molecular weight is 212 g/mol. The van der Waals surface area contributed by atoms with Crippen LogP contribution in [-0.4, -0.2) is 11.1 Å². The van der Waals surface area contributed by atoms with E-state index in [-0.39, 0.29) is 18.5 Å². The topological polar surface area (TPSA) is 48.1 Å². The van der Waals surface area contributed by atoms with Crippen LogP contribution in [0.25, 0.3) is 0 Å². The molecule has 0 aliphatic heterocycles. The molecule has 0 fully saturated rings. The number of aromatic nitrogens is 1. The summed E-state index contributed by atoms with van der Waals surface area (Å²) >= 11 is 0. The van der Waals surface area contributed by atoms with Gasteiger partial charge in [-0.25, -0.2) is 9.37 Å². The molecule has 1 heterocycles. The first kappa shape index (κ1) is 11.9. The van der Waals surface area contributed by atoms with Crippen molar-refractivity contribution in [2.24, 2.45) is 11.7 Å². The van der Waals surface area contributed by atoms with E-state index in [1.807, 2.05) is 6.92 Å². The highest BCUT2D eigenvalue weighted by molar-refractivity contribution is 5.26. The van der Waals surface area contributed by atoms with Gasteiger partial charge in [0.1, 0.15) is 5.82 Å². The van der Waals surface area contributed by atoms with Gasteiger partial charge in [0.2, 0.25) is 5.88 Å². The van der Waals surface area contributed by atoms with Crippen LogP contribution < -0.4 is 10.5 Å². The van der Waals surface area contributed by atoms with Gasteiger partial charge < -0.3 is 10.5 Å². The summed E-state index contributed by atoms with van der Waals surface area (Å²) in [5.41, 5.74) is 6.08. The van der Waals surface area contributed by atoms with E-state index in [1.165, 1.54) is 6.07 Å². The third-order valence-corrected chi connectivity index (χ3v) is 2.35. The van der Waals surface area contributed by atoms with Crippen LogP contribution in [0, 0.1) is 11.7 Å². The number of nitrogens with two attached hydrogens (primary N) is 1. The van der Waals surface area contributed by atoms with Crippen molar-refractivity contribution in [2.45, 2.75) is 33.4 Å². The Balaban J connectivity index is 2.84. The summed E-state index contributed by atoms with van der Waals surface area (Å²) in [5.74, 6) is 0.419. The first-order valence-electron chi connectivity index (χ1n) is 5.05. The number of pyridine rings is 1. The van der Waals surface area contributed by atoms with Crippen molar-refractivity contribution >= 4 is 0 Å². The Hall–Kier alpha value is -1.16. The molecule has 0 spiro atoms. The summed E-state index contributed by atoms with van der Waals surface area (Å²) in [6.45, 7) is 6.29. The molecule has 0 aromatic carbocycles. The highest BCUT2D eigenvalue weighted by atomic mass is 19.1. The minimum absolute atomic E-state index is 0.0354. The Morgan fingerprint density at radius 3 is 2.67 bits per heavy atom. The van der Waals surface area contributed by atoms with Crippen molar-refractivity contribution in [2.75, 3.05) is 0 Å². The molecule has 15 heavy (non-hydrogen) atoms. The second-order valence-electron chi connectivity index (χ2n) is 3.89. The molecule has 0 amide bonds. The zero-order valence-corrected chi connectivity index (χ0v) is 9.33. The third-order valence-electron chi connectivity index (χ3n) is 2.35. The molecule has 1 unspecified atom stereocenters. The molecule has 1 aromatic heterocycles. The zero-order chi connectivity index (χ0) is 11.4. The fourth-order valence-electron chi connectivity index (χ4n) is 1.03. The summed E-state index contributed by atoms with van der Waals surface area (Å²) in [4.78, 5) is 3.89. The standard InChI is InChI=1S/C11H17FN2O/c1-7(2)8(3)15-11-9(5-13)4-10(12)6-14-11/h4,6-8H,5,13H2,1-3H3. The molecule has 2 N–H and O–H groups in total. The van der Waals surface area contributed by atoms with E-state index < -0.39 is 0 Å². The van der Waals surface area contributed by atoms with E-state index in [0.717, 1.165) is 6.20 Å². The number of nitrogens with zero attached hydrogens (tertiary/aromatic N) is 1. The van der Waals surface area contributed by atoms with Gasteiger partial charge >= 0.3 is 0 Å². The monoisotopic (exact) mass is 212 g/mol. The number of halogens is 1. The number of rotatable bonds is 4. The van der Waals surface area contributed by atoms with Gasteiger partial charge in [0.25, 0.3) is 0 Å². The lowest BCUT2D eigenvalue weighted by Crippen LogP contribution is -2.20. The second-order valence-corrected chi connectivity index (χ2v) is 3.89. The van der Waals surface area contributed by atoms with Gasteiger partial charge in [0.05, 0.1) is 12.3 Å². The van der Waals surface area contributed by atoms with E-state index in [0.29, 0.717) is 17.4 Å². The van der Waals surface area contributed by atoms with Crippen molar-refractivity contribution in [3.8, 4) is 5.88 Å². The maximum Gasteiger partial charge on any atom is 0.218 e. The van der Waals surface area contributed by atoms with Crippen molar-refractivity contribution in [3.05, 3.63) is 23.6 Å². The first-order chi connectivity index (χ1) is 7.04. The zero-order valence-electron chi connectivity index (χ0n) is 9.33. The van der Waals surface area contributed by atoms with Gasteiger partial charge in [-0.2, -0.15) is 0 Å². The molecule has 84 valence electrons. The molecule has 1 aromatic rings. The predicted molar refractivity (Wildman–Crippen MR) is 57.0 cm³/mol. The summed E-state index contributed by atoms with van der Waals surface area (Å²) < 4.78 is 18.5. The van der Waals surface area contributed by atoms with Gasteiger partial charge in [0, 0.05) is 12.1 Å². The van der Waals surface area contributed by atoms with Crippen molar-refractivity contribution in [1.82, 2.24) is 4.98 Å². The molecule has 0 radical (unpaired) electrons. The highest BCUT2D eigenvalue weighted by Gasteiger charge is 2.12. The van der Waals surface area contributed by atoms with Crippen LogP contribution in [0.3, 0.4) is 0 Å². The van der Waals surface area contributed by atoms with Crippen LogP contribution in [-0.2, 0) is 6.54 Å². The maximum atomic E-state index is 12.9. The van der Waals surface area contributed by atoms with Gasteiger partial charge in [-0.15, -0.1) is 0 Å². The fourth-order valence-corrected chi connectivity index (χ4v) is 1.03. The van der Waals surface area contributed by atoms with Crippen LogP contribution in [0.5, 0.6) is 5.88 Å². The summed E-state index contributed by atoms with van der Waals surface area (Å²) in [5, 5.41) is 0. The van der Waals surface area contributed by atoms with Crippen LogP contribution >= 0.6 is 0 Å². The van der Waals surface area contributed by atoms with Gasteiger partial charge in [-0.3, -0.25) is 0 Å². The number of ether oxygens (including phenoxy) is 1. The fraction of sp³-hybridized carbons (Fsp3) is 0.545. The molecule has 1 atom stereocenters. The first-order valence-corrected chi connectivity index (χ1v) is 5.05. The molecule has 0 bridgehead atoms. The Morgan fingerprint density at radius 1 is 1.47 bits per heavy atom. The molecule has 3 nitrogen and oxygen atoms in total. The minimum atomic E-state index is -0.389. The van der Waals surface area contributed by atoms with E-state index in [4.69, 9.17) is 10.5 Å². The van der Waals surface area contributed by atoms with Crippen LogP contribution in [0.4, 0.5) is 4.39 Å². The lowest BCUT2D eigenvalue weighted by molar-refractivity contribution is 0.161. The Kier molecular flexibility index (Phi) is 4.03. The summed E-state index contributed by atoms with van der Waals surface area (Å²) in [6, 6.07) is 1.36. The largest absolute Gasteiger partial charge is 0.474 e. The Morgan fingerprint density at radius 2 is 2.13 bits per heavy atom. The summed E-state index contributed by atoms with van der Waals surface area (Å²) in [7, 11) is 0. The highest BCUT2D eigenvalue weighted by Crippen LogP contribution is 2.18. The van der Waals surface area contributed by atoms with E-state index >= 15 is 0 Å². The lowest BCUT2D eigenvalue weighted by Gasteiger charge is -2.18. The van der Waals surface area contributed by atoms with E-state index in [1.54, 1.807) is 0 Å².